The molecule has 4 rings (SSSR count). The Kier molecular flexibility index (Phi) is 3.98. The van der Waals surface area contributed by atoms with E-state index in [9.17, 15) is 9.90 Å². The fourth-order valence-corrected chi connectivity index (χ4v) is 3.62. The van der Waals surface area contributed by atoms with Gasteiger partial charge in [0.1, 0.15) is 11.5 Å². The van der Waals surface area contributed by atoms with Crippen molar-refractivity contribution in [3.05, 3.63) is 59.2 Å². The molecule has 0 aromatic heterocycles. The van der Waals surface area contributed by atoms with Crippen molar-refractivity contribution in [3.8, 4) is 11.5 Å². The molecule has 0 bridgehead atoms. The summed E-state index contributed by atoms with van der Waals surface area (Å²) >= 11 is 0. The predicted molar refractivity (Wildman–Crippen MR) is 91.4 cm³/mol. The Morgan fingerprint density at radius 2 is 1.92 bits per heavy atom. The van der Waals surface area contributed by atoms with Gasteiger partial charge >= 0.3 is 0 Å². The van der Waals surface area contributed by atoms with Gasteiger partial charge in [0.15, 0.2) is 0 Å². The van der Waals surface area contributed by atoms with Crippen LogP contribution >= 0.6 is 0 Å². The summed E-state index contributed by atoms with van der Waals surface area (Å²) in [6.45, 7) is 1.68. The smallest absolute Gasteiger partial charge is 0.253 e. The number of aliphatic hydroxyl groups excluding tert-OH is 1. The second-order valence-corrected chi connectivity index (χ2v) is 6.51. The van der Waals surface area contributed by atoms with Crippen LogP contribution in [0.1, 0.15) is 46.9 Å². The third-order valence-corrected chi connectivity index (χ3v) is 4.90. The van der Waals surface area contributed by atoms with Crippen molar-refractivity contribution in [1.29, 1.82) is 0 Å². The zero-order valence-corrected chi connectivity index (χ0v) is 13.6. The average Bonchev–Trinajstić information content (AvgIpc) is 3.26. The fraction of sp³-hybridized carbons (Fsp3) is 0.350. The monoisotopic (exact) mass is 323 g/mol. The number of benzene rings is 2. The molecule has 4 nitrogen and oxygen atoms in total. The molecule has 1 aliphatic heterocycles. The SMILES string of the molecule is O=C(c1cccc(Oc2cccc3c2CC[C@H]3O)c1)N1CCCC1. The summed E-state index contributed by atoms with van der Waals surface area (Å²) in [6.07, 6.45) is 3.33. The number of fused-ring (bicyclic) bond motifs is 1. The van der Waals surface area contributed by atoms with E-state index in [0.29, 0.717) is 11.3 Å². The van der Waals surface area contributed by atoms with Gasteiger partial charge in [-0.05, 0) is 55.5 Å². The minimum Gasteiger partial charge on any atom is -0.457 e. The van der Waals surface area contributed by atoms with Gasteiger partial charge in [-0.1, -0.05) is 18.2 Å². The summed E-state index contributed by atoms with van der Waals surface area (Å²) in [6, 6.07) is 13.2. The Bertz CT molecular complexity index is 765. The maximum Gasteiger partial charge on any atom is 0.253 e. The molecular formula is C20H21NO3. The highest BCUT2D eigenvalue weighted by atomic mass is 16.5. The minimum atomic E-state index is -0.397. The van der Waals surface area contributed by atoms with Crippen LogP contribution in [0.2, 0.25) is 0 Å². The van der Waals surface area contributed by atoms with E-state index in [4.69, 9.17) is 4.74 Å². The molecule has 1 saturated heterocycles. The number of amides is 1. The number of ether oxygens (including phenoxy) is 1. The molecule has 0 saturated carbocycles. The van der Waals surface area contributed by atoms with Crippen LogP contribution < -0.4 is 4.74 Å². The van der Waals surface area contributed by atoms with Gasteiger partial charge in [-0.25, -0.2) is 0 Å². The fourth-order valence-electron chi connectivity index (χ4n) is 3.62. The quantitative estimate of drug-likeness (QED) is 0.937. The molecule has 1 aliphatic carbocycles. The number of likely N-dealkylation sites (tertiary alicyclic amines) is 1. The van der Waals surface area contributed by atoms with Gasteiger partial charge in [0.25, 0.3) is 5.91 Å². The molecular weight excluding hydrogens is 302 g/mol. The third-order valence-electron chi connectivity index (χ3n) is 4.90. The Hall–Kier alpha value is -2.33. The zero-order valence-electron chi connectivity index (χ0n) is 13.6. The van der Waals surface area contributed by atoms with Crippen LogP contribution in [0.4, 0.5) is 0 Å². The van der Waals surface area contributed by atoms with Gasteiger partial charge < -0.3 is 14.7 Å². The Balaban J connectivity index is 1.58. The molecule has 1 fully saturated rings. The Morgan fingerprint density at radius 3 is 2.75 bits per heavy atom. The van der Waals surface area contributed by atoms with E-state index in [-0.39, 0.29) is 5.91 Å². The summed E-state index contributed by atoms with van der Waals surface area (Å²) in [5, 5.41) is 10.0. The van der Waals surface area contributed by atoms with Crippen molar-refractivity contribution < 1.29 is 14.6 Å². The number of rotatable bonds is 3. The molecule has 0 radical (unpaired) electrons. The molecule has 0 spiro atoms. The lowest BCUT2D eigenvalue weighted by atomic mass is 10.1. The van der Waals surface area contributed by atoms with Crippen LogP contribution in [-0.2, 0) is 6.42 Å². The molecule has 2 aromatic carbocycles. The number of aliphatic hydroxyl groups is 1. The highest BCUT2D eigenvalue weighted by Gasteiger charge is 2.24. The second-order valence-electron chi connectivity index (χ2n) is 6.51. The lowest BCUT2D eigenvalue weighted by molar-refractivity contribution is 0.0792. The molecule has 124 valence electrons. The van der Waals surface area contributed by atoms with E-state index < -0.39 is 6.10 Å². The molecule has 1 heterocycles. The average molecular weight is 323 g/mol. The molecule has 2 aliphatic rings. The summed E-state index contributed by atoms with van der Waals surface area (Å²) in [5.41, 5.74) is 2.69. The number of hydrogen-bond donors (Lipinski definition) is 1. The topological polar surface area (TPSA) is 49.8 Å². The zero-order chi connectivity index (χ0) is 16.5. The van der Waals surface area contributed by atoms with Gasteiger partial charge in [0.05, 0.1) is 6.10 Å². The summed E-state index contributed by atoms with van der Waals surface area (Å²) in [4.78, 5) is 14.4. The normalized spacial score (nSPS) is 19.4. The van der Waals surface area contributed by atoms with Gasteiger partial charge in [0.2, 0.25) is 0 Å². The number of carbonyl (C=O) groups is 1. The van der Waals surface area contributed by atoms with E-state index in [2.05, 4.69) is 0 Å². The molecule has 2 aromatic rings. The predicted octanol–water partition coefficient (Wildman–Crippen LogP) is 3.69. The van der Waals surface area contributed by atoms with Crippen molar-refractivity contribution in [2.45, 2.75) is 31.8 Å². The Morgan fingerprint density at radius 1 is 1.12 bits per heavy atom. The highest BCUT2D eigenvalue weighted by Crippen LogP contribution is 2.38. The van der Waals surface area contributed by atoms with Crippen molar-refractivity contribution >= 4 is 5.91 Å². The van der Waals surface area contributed by atoms with E-state index in [1.165, 1.54) is 0 Å². The van der Waals surface area contributed by atoms with Crippen molar-refractivity contribution in [2.75, 3.05) is 13.1 Å². The van der Waals surface area contributed by atoms with Gasteiger partial charge in [0, 0.05) is 24.2 Å². The molecule has 1 N–H and O–H groups in total. The van der Waals surface area contributed by atoms with E-state index in [1.54, 1.807) is 0 Å². The maximum absolute atomic E-state index is 12.5. The van der Waals surface area contributed by atoms with Gasteiger partial charge in [-0.2, -0.15) is 0 Å². The third kappa shape index (κ3) is 2.78. The first-order valence-corrected chi connectivity index (χ1v) is 8.59. The van der Waals surface area contributed by atoms with Gasteiger partial charge in [-0.3, -0.25) is 4.79 Å². The standard InChI is InChI=1S/C20H21NO3/c22-18-10-9-17-16(18)7-4-8-19(17)24-15-6-3-5-14(13-15)20(23)21-11-1-2-12-21/h3-8,13,18,22H,1-2,9-12H2/t18-/m1/s1. The minimum absolute atomic E-state index is 0.0756. The van der Waals surface area contributed by atoms with Crippen LogP contribution in [-0.4, -0.2) is 29.0 Å². The lowest BCUT2D eigenvalue weighted by Gasteiger charge is -2.16. The molecule has 0 unspecified atom stereocenters. The first-order chi connectivity index (χ1) is 11.7. The van der Waals surface area contributed by atoms with Crippen LogP contribution in [0, 0.1) is 0 Å². The maximum atomic E-state index is 12.5. The molecule has 1 amide bonds. The molecule has 1 atom stereocenters. The number of carbonyl (C=O) groups excluding carboxylic acids is 1. The number of hydrogen-bond acceptors (Lipinski definition) is 3. The largest absolute Gasteiger partial charge is 0.457 e. The highest BCUT2D eigenvalue weighted by molar-refractivity contribution is 5.94. The summed E-state index contributed by atoms with van der Waals surface area (Å²) < 4.78 is 6.04. The van der Waals surface area contributed by atoms with Crippen molar-refractivity contribution in [3.63, 3.8) is 0 Å². The van der Waals surface area contributed by atoms with Crippen LogP contribution in [0.25, 0.3) is 0 Å². The van der Waals surface area contributed by atoms with E-state index in [0.717, 1.165) is 55.6 Å². The first-order valence-electron chi connectivity index (χ1n) is 8.59. The van der Waals surface area contributed by atoms with E-state index >= 15 is 0 Å². The van der Waals surface area contributed by atoms with Crippen LogP contribution in [0.15, 0.2) is 42.5 Å². The van der Waals surface area contributed by atoms with E-state index in [1.807, 2.05) is 47.4 Å². The lowest BCUT2D eigenvalue weighted by Crippen LogP contribution is -2.27. The number of nitrogens with zero attached hydrogens (tertiary/aromatic N) is 1. The molecule has 24 heavy (non-hydrogen) atoms. The first kappa shape index (κ1) is 15.2. The summed E-state index contributed by atoms with van der Waals surface area (Å²) in [7, 11) is 0. The molecule has 4 heteroatoms. The second kappa shape index (κ2) is 6.29. The van der Waals surface area contributed by atoms with Crippen molar-refractivity contribution in [2.24, 2.45) is 0 Å². The van der Waals surface area contributed by atoms with Crippen LogP contribution in [0.5, 0.6) is 11.5 Å². The summed E-state index contributed by atoms with van der Waals surface area (Å²) in [5.74, 6) is 1.51. The Labute approximate surface area is 141 Å². The van der Waals surface area contributed by atoms with Crippen molar-refractivity contribution in [1.82, 2.24) is 4.90 Å². The van der Waals surface area contributed by atoms with Gasteiger partial charge in [-0.15, -0.1) is 0 Å². The van der Waals surface area contributed by atoms with Crippen LogP contribution in [0.3, 0.4) is 0 Å².